The average Bonchev–Trinajstić information content (AvgIpc) is 3.12. The fraction of sp³-hybridized carbons (Fsp3) is 0.625. The molecule has 0 fully saturated rings. The first-order valence-electron chi connectivity index (χ1n) is 11.3. The van der Waals surface area contributed by atoms with E-state index in [1.54, 1.807) is 16.9 Å². The molecule has 1 aromatic heterocycles. The van der Waals surface area contributed by atoms with Gasteiger partial charge in [-0.05, 0) is 0 Å². The van der Waals surface area contributed by atoms with Crippen LogP contribution in [0.25, 0.3) is 0 Å². The Morgan fingerprint density at radius 3 is 2.04 bits per heavy atom. The number of imidazole rings is 1. The molecule has 0 spiro atoms. The monoisotopic (exact) mass is 477 g/mol. The molecule has 2 aromatic rings. The van der Waals surface area contributed by atoms with Crippen LogP contribution in [-0.2, 0) is 13.6 Å². The van der Waals surface area contributed by atoms with Crippen molar-refractivity contribution in [2.45, 2.75) is 85.1 Å². The van der Waals surface area contributed by atoms with E-state index in [0.717, 1.165) is 0 Å². The second kappa shape index (κ2) is 12.6. The quantitative estimate of drug-likeness (QED) is 0.184. The molecule has 0 N–H and O–H groups in total. The van der Waals surface area contributed by atoms with E-state index in [1.165, 1.54) is 57.9 Å². The topological polar surface area (TPSA) is 8.81 Å². The van der Waals surface area contributed by atoms with Crippen LogP contribution in [0.1, 0.15) is 65.2 Å². The average molecular weight is 476 g/mol. The number of hydrogen-bond acceptors (Lipinski definition) is 0. The summed E-state index contributed by atoms with van der Waals surface area (Å²) in [5.41, 5.74) is 0. The Morgan fingerprint density at radius 2 is 1.44 bits per heavy atom. The third-order valence-electron chi connectivity index (χ3n) is 6.05. The number of aryl methyl sites for hydroxylation is 2. The summed E-state index contributed by atoms with van der Waals surface area (Å²) >= 11 is -2.24. The van der Waals surface area contributed by atoms with E-state index in [-0.39, 0.29) is 0 Å². The first kappa shape index (κ1) is 22.5. The second-order valence-corrected chi connectivity index (χ2v) is 21.6. The summed E-state index contributed by atoms with van der Waals surface area (Å²) in [5, 5.41) is 0. The Bertz CT molecular complexity index is 612. The maximum absolute atomic E-state index is 2.48. The molecule has 0 saturated heterocycles. The van der Waals surface area contributed by atoms with Crippen molar-refractivity contribution in [3.05, 3.63) is 49.1 Å². The molecule has 1 aromatic carbocycles. The van der Waals surface area contributed by atoms with Crippen LogP contribution < -0.4 is 8.15 Å². The van der Waals surface area contributed by atoms with Crippen LogP contribution in [0.15, 0.2) is 49.1 Å². The first-order valence-corrected chi connectivity index (χ1v) is 18.7. The molecule has 3 heteroatoms. The van der Waals surface area contributed by atoms with Gasteiger partial charge in [-0.2, -0.15) is 0 Å². The summed E-state index contributed by atoms with van der Waals surface area (Å²) in [6.07, 6.45) is 17.7. The molecule has 0 radical (unpaired) electrons. The molecule has 0 aliphatic carbocycles. The summed E-state index contributed by atoms with van der Waals surface area (Å²) in [4.78, 5) is 0. The third-order valence-corrected chi connectivity index (χ3v) is 21.7. The van der Waals surface area contributed by atoms with Gasteiger partial charge >= 0.3 is 172 Å². The summed E-state index contributed by atoms with van der Waals surface area (Å²) in [5.74, 6) is 0. The second-order valence-electron chi connectivity index (χ2n) is 8.33. The fourth-order valence-corrected chi connectivity index (χ4v) is 20.1. The van der Waals surface area contributed by atoms with Gasteiger partial charge in [-0.15, -0.1) is 0 Å². The van der Waals surface area contributed by atoms with E-state index in [1.807, 2.05) is 0 Å². The van der Waals surface area contributed by atoms with Gasteiger partial charge < -0.3 is 0 Å². The fourth-order valence-electron chi connectivity index (χ4n) is 4.38. The molecule has 2 rings (SSSR count). The Labute approximate surface area is 171 Å². The van der Waals surface area contributed by atoms with Crippen molar-refractivity contribution in [1.29, 1.82) is 0 Å². The van der Waals surface area contributed by atoms with Gasteiger partial charge in [-0.25, -0.2) is 0 Å². The Hall–Kier alpha value is -0.771. The number of rotatable bonds is 14. The zero-order valence-corrected chi connectivity index (χ0v) is 20.9. The molecule has 2 nitrogen and oxygen atoms in total. The standard InChI is InChI=1S/C10H18N2.C6H5.2C4H9.Sn/c1-3-4-5-6-7-12-9-8-11(2)10-12;1-2-4-6-5-3-1;2*1-3-4-2;/h8-10H,1,3-7H2,2H3;1-5H;2*1,3-4H2,2H3;/q+1;;;;. The summed E-state index contributed by atoms with van der Waals surface area (Å²) < 4.78 is 10.9. The van der Waals surface area contributed by atoms with Gasteiger partial charge in [-0.3, -0.25) is 0 Å². The van der Waals surface area contributed by atoms with Crippen LogP contribution in [0.3, 0.4) is 0 Å². The van der Waals surface area contributed by atoms with E-state index in [0.29, 0.717) is 0 Å². The van der Waals surface area contributed by atoms with Crippen LogP contribution in [0, 0.1) is 0 Å². The van der Waals surface area contributed by atoms with Gasteiger partial charge in [0.1, 0.15) is 0 Å². The number of nitrogens with zero attached hydrogens (tertiary/aromatic N) is 2. The molecule has 27 heavy (non-hydrogen) atoms. The van der Waals surface area contributed by atoms with Crippen molar-refractivity contribution >= 4 is 22.0 Å². The Kier molecular flexibility index (Phi) is 10.5. The van der Waals surface area contributed by atoms with Gasteiger partial charge in [0.15, 0.2) is 0 Å². The van der Waals surface area contributed by atoms with Crippen molar-refractivity contribution in [2.75, 3.05) is 0 Å². The van der Waals surface area contributed by atoms with Gasteiger partial charge in [0.2, 0.25) is 0 Å². The first-order chi connectivity index (χ1) is 13.2. The number of unbranched alkanes of at least 4 members (excludes halogenated alkanes) is 5. The molecule has 0 unspecified atom stereocenters. The van der Waals surface area contributed by atoms with Crippen molar-refractivity contribution in [3.8, 4) is 0 Å². The van der Waals surface area contributed by atoms with Crippen LogP contribution in [0.2, 0.25) is 13.3 Å². The van der Waals surface area contributed by atoms with E-state index < -0.39 is 18.4 Å². The number of benzene rings is 1. The van der Waals surface area contributed by atoms with Crippen molar-refractivity contribution in [2.24, 2.45) is 7.05 Å². The zero-order chi connectivity index (χ0) is 19.4. The molecule has 0 aliphatic heterocycles. The summed E-state index contributed by atoms with van der Waals surface area (Å²) in [6.45, 7) is 5.89. The molecule has 0 saturated carbocycles. The minimum absolute atomic E-state index is 1.17. The Morgan fingerprint density at radius 1 is 0.815 bits per heavy atom. The van der Waals surface area contributed by atoms with Gasteiger partial charge in [0.25, 0.3) is 0 Å². The predicted molar refractivity (Wildman–Crippen MR) is 120 cm³/mol. The molecule has 0 amide bonds. The van der Waals surface area contributed by atoms with Gasteiger partial charge in [0.05, 0.1) is 0 Å². The van der Waals surface area contributed by atoms with Crippen molar-refractivity contribution in [1.82, 2.24) is 4.57 Å². The van der Waals surface area contributed by atoms with Crippen LogP contribution in [0.4, 0.5) is 0 Å². The van der Waals surface area contributed by atoms with Crippen molar-refractivity contribution in [3.63, 3.8) is 0 Å². The maximum atomic E-state index is 2.48. The predicted octanol–water partition coefficient (Wildman–Crippen LogP) is 5.83. The molecule has 150 valence electrons. The molecular formula is C24H41N2Sn+. The summed E-state index contributed by atoms with van der Waals surface area (Å²) in [7, 11) is 2.10. The Balaban J connectivity index is 1.88. The third kappa shape index (κ3) is 7.63. The van der Waals surface area contributed by atoms with E-state index in [2.05, 4.69) is 79.1 Å². The van der Waals surface area contributed by atoms with Crippen LogP contribution in [0.5, 0.6) is 0 Å². The van der Waals surface area contributed by atoms with Gasteiger partial charge in [0, 0.05) is 0 Å². The van der Waals surface area contributed by atoms with E-state index >= 15 is 0 Å². The van der Waals surface area contributed by atoms with Crippen LogP contribution >= 0.6 is 0 Å². The minimum atomic E-state index is -2.24. The molecule has 0 bridgehead atoms. The molecule has 0 atom stereocenters. The van der Waals surface area contributed by atoms with E-state index in [9.17, 15) is 0 Å². The summed E-state index contributed by atoms with van der Waals surface area (Å²) in [6, 6.07) is 11.7. The molecular weight excluding hydrogens is 435 g/mol. The normalized spacial score (nSPS) is 11.8. The molecule has 1 heterocycles. The molecule has 0 aliphatic rings. The van der Waals surface area contributed by atoms with Crippen LogP contribution in [-0.4, -0.2) is 22.9 Å². The van der Waals surface area contributed by atoms with E-state index in [4.69, 9.17) is 0 Å². The van der Waals surface area contributed by atoms with Gasteiger partial charge in [-0.1, -0.05) is 0 Å². The SMILES string of the molecule is CCC[CH2][Sn]([CH2]CCC)([CH2]CCCCCn1cc[n+](C)c1)[c]1ccccc1. The number of hydrogen-bond donors (Lipinski definition) is 0. The zero-order valence-electron chi connectivity index (χ0n) is 18.0. The number of aromatic nitrogens is 2. The van der Waals surface area contributed by atoms with Crippen molar-refractivity contribution < 1.29 is 4.57 Å².